The third kappa shape index (κ3) is 4.81. The Bertz CT molecular complexity index is 952. The monoisotopic (exact) mass is 440 g/mol. The Morgan fingerprint density at radius 3 is 2.50 bits per heavy atom. The highest BCUT2D eigenvalue weighted by molar-refractivity contribution is 9.10. The van der Waals surface area contributed by atoms with Crippen LogP contribution in [0.3, 0.4) is 0 Å². The van der Waals surface area contributed by atoms with Crippen LogP contribution < -0.4 is 10.6 Å². The first-order valence-electron chi connectivity index (χ1n) is 9.31. The maximum Gasteiger partial charge on any atom is 0.315 e. The van der Waals surface area contributed by atoms with Gasteiger partial charge in [-0.2, -0.15) is 5.10 Å². The molecule has 1 aromatic heterocycles. The van der Waals surface area contributed by atoms with E-state index in [2.05, 4.69) is 43.8 Å². The molecule has 1 unspecified atom stereocenters. The molecule has 1 heterocycles. The fraction of sp³-hybridized carbons (Fsp3) is 0.273. The minimum Gasteiger partial charge on any atom is -0.334 e. The second-order valence-corrected chi connectivity index (χ2v) is 7.72. The summed E-state index contributed by atoms with van der Waals surface area (Å²) in [5.41, 5.74) is 5.31. The van der Waals surface area contributed by atoms with E-state index in [4.69, 9.17) is 0 Å². The van der Waals surface area contributed by atoms with Crippen molar-refractivity contribution in [2.24, 2.45) is 0 Å². The lowest BCUT2D eigenvalue weighted by Gasteiger charge is -2.16. The van der Waals surface area contributed by atoms with Gasteiger partial charge >= 0.3 is 6.03 Å². The molecule has 0 aliphatic heterocycles. The summed E-state index contributed by atoms with van der Waals surface area (Å²) in [5, 5.41) is 10.6. The molecule has 2 N–H and O–H groups in total. The number of carbonyl (C=O) groups excluding carboxylic acids is 1. The molecule has 0 aliphatic carbocycles. The van der Waals surface area contributed by atoms with Crippen LogP contribution in [0.25, 0.3) is 0 Å². The first-order valence-corrected chi connectivity index (χ1v) is 10.1. The summed E-state index contributed by atoms with van der Waals surface area (Å²) in [6.45, 7) is 7.16. The Hall–Kier alpha value is -2.60. The molecule has 0 saturated carbocycles. The fourth-order valence-electron chi connectivity index (χ4n) is 3.22. The smallest absolute Gasteiger partial charge is 0.315 e. The number of aryl methyl sites for hydroxylation is 1. The van der Waals surface area contributed by atoms with Gasteiger partial charge < -0.3 is 10.6 Å². The zero-order chi connectivity index (χ0) is 20.1. The molecule has 0 fully saturated rings. The van der Waals surface area contributed by atoms with E-state index in [0.29, 0.717) is 6.54 Å². The van der Waals surface area contributed by atoms with Gasteiger partial charge in [0.2, 0.25) is 0 Å². The Labute approximate surface area is 174 Å². The van der Waals surface area contributed by atoms with E-state index < -0.39 is 0 Å². The molecular weight excluding hydrogens is 416 g/mol. The maximum absolute atomic E-state index is 12.4. The van der Waals surface area contributed by atoms with Crippen molar-refractivity contribution < 1.29 is 4.79 Å². The highest BCUT2D eigenvalue weighted by Gasteiger charge is 2.15. The van der Waals surface area contributed by atoms with Crippen molar-refractivity contribution >= 4 is 22.0 Å². The van der Waals surface area contributed by atoms with Crippen molar-refractivity contribution in [1.29, 1.82) is 0 Å². The highest BCUT2D eigenvalue weighted by Crippen LogP contribution is 2.22. The number of halogens is 1. The van der Waals surface area contributed by atoms with Crippen molar-refractivity contribution in [2.45, 2.75) is 39.9 Å². The lowest BCUT2D eigenvalue weighted by atomic mass is 10.1. The lowest BCUT2D eigenvalue weighted by molar-refractivity contribution is 0.237. The van der Waals surface area contributed by atoms with Gasteiger partial charge in [-0.25, -0.2) is 4.79 Å². The summed E-state index contributed by atoms with van der Waals surface area (Å²) >= 11 is 3.53. The molecule has 146 valence electrons. The number of aromatic nitrogens is 2. The van der Waals surface area contributed by atoms with E-state index in [-0.39, 0.29) is 12.1 Å². The largest absolute Gasteiger partial charge is 0.334 e. The number of rotatable bonds is 6. The molecule has 3 rings (SSSR count). The Kier molecular flexibility index (Phi) is 6.52. The SMILES string of the molecule is Cc1nn(Cc2ccccc2)c(C)c1CNC(=O)NC(C)c1ccccc1Br. The number of hydrogen-bond donors (Lipinski definition) is 2. The van der Waals surface area contributed by atoms with Crippen molar-refractivity contribution in [3.05, 3.63) is 87.1 Å². The molecule has 0 aliphatic rings. The topological polar surface area (TPSA) is 59.0 Å². The number of benzene rings is 2. The van der Waals surface area contributed by atoms with Gasteiger partial charge in [0.15, 0.2) is 0 Å². The fourth-order valence-corrected chi connectivity index (χ4v) is 3.85. The van der Waals surface area contributed by atoms with E-state index >= 15 is 0 Å². The van der Waals surface area contributed by atoms with E-state index in [0.717, 1.165) is 33.5 Å². The average Bonchev–Trinajstić information content (AvgIpc) is 2.94. The van der Waals surface area contributed by atoms with Crippen LogP contribution in [0.4, 0.5) is 4.79 Å². The molecule has 0 radical (unpaired) electrons. The van der Waals surface area contributed by atoms with E-state index in [1.165, 1.54) is 5.56 Å². The Balaban J connectivity index is 1.61. The summed E-state index contributed by atoms with van der Waals surface area (Å²) in [7, 11) is 0. The lowest BCUT2D eigenvalue weighted by Crippen LogP contribution is -2.36. The molecule has 0 bridgehead atoms. The average molecular weight is 441 g/mol. The summed E-state index contributed by atoms with van der Waals surface area (Å²) in [6, 6.07) is 17.8. The number of nitrogens with zero attached hydrogens (tertiary/aromatic N) is 2. The molecule has 3 aromatic rings. The Morgan fingerprint density at radius 2 is 1.79 bits per heavy atom. The molecular formula is C22H25BrN4O. The Morgan fingerprint density at radius 1 is 1.11 bits per heavy atom. The number of carbonyl (C=O) groups is 1. The number of nitrogens with one attached hydrogen (secondary N) is 2. The summed E-state index contributed by atoms with van der Waals surface area (Å²) in [4.78, 5) is 12.4. The van der Waals surface area contributed by atoms with Crippen LogP contribution in [0.2, 0.25) is 0 Å². The van der Waals surface area contributed by atoms with Crippen LogP contribution >= 0.6 is 15.9 Å². The third-order valence-electron chi connectivity index (χ3n) is 4.85. The van der Waals surface area contributed by atoms with Crippen molar-refractivity contribution in [2.75, 3.05) is 0 Å². The number of amides is 2. The standard InChI is InChI=1S/C22H25BrN4O/c1-15(19-11-7-8-12-21(19)23)25-22(28)24-13-20-16(2)26-27(17(20)3)14-18-9-5-4-6-10-18/h4-12,15H,13-14H2,1-3H3,(H2,24,25,28). The molecule has 0 saturated heterocycles. The second kappa shape index (κ2) is 9.06. The number of hydrogen-bond acceptors (Lipinski definition) is 2. The van der Waals surface area contributed by atoms with Crippen LogP contribution in [-0.2, 0) is 13.1 Å². The first kappa shape index (κ1) is 20.1. The highest BCUT2D eigenvalue weighted by atomic mass is 79.9. The summed E-state index contributed by atoms with van der Waals surface area (Å²) in [6.07, 6.45) is 0. The summed E-state index contributed by atoms with van der Waals surface area (Å²) in [5.74, 6) is 0. The van der Waals surface area contributed by atoms with Gasteiger partial charge in [0.05, 0.1) is 18.3 Å². The molecule has 0 spiro atoms. The van der Waals surface area contributed by atoms with Crippen LogP contribution in [0.15, 0.2) is 59.1 Å². The second-order valence-electron chi connectivity index (χ2n) is 6.86. The van der Waals surface area contributed by atoms with Crippen molar-refractivity contribution in [3.8, 4) is 0 Å². The van der Waals surface area contributed by atoms with Gasteiger partial charge in [-0.15, -0.1) is 0 Å². The first-order chi connectivity index (χ1) is 13.5. The zero-order valence-electron chi connectivity index (χ0n) is 16.4. The van der Waals surface area contributed by atoms with Crippen LogP contribution in [0.1, 0.15) is 41.0 Å². The minimum absolute atomic E-state index is 0.0985. The zero-order valence-corrected chi connectivity index (χ0v) is 18.0. The number of urea groups is 1. The van der Waals surface area contributed by atoms with Gasteiger partial charge in [-0.1, -0.05) is 64.5 Å². The van der Waals surface area contributed by atoms with Crippen LogP contribution in [0.5, 0.6) is 0 Å². The van der Waals surface area contributed by atoms with Gasteiger partial charge in [-0.05, 0) is 38.0 Å². The molecule has 6 heteroatoms. The van der Waals surface area contributed by atoms with Gasteiger partial charge in [0.1, 0.15) is 0 Å². The summed E-state index contributed by atoms with van der Waals surface area (Å²) < 4.78 is 2.97. The van der Waals surface area contributed by atoms with Crippen molar-refractivity contribution in [1.82, 2.24) is 20.4 Å². The third-order valence-corrected chi connectivity index (χ3v) is 5.57. The molecule has 28 heavy (non-hydrogen) atoms. The molecule has 2 aromatic carbocycles. The van der Waals surface area contributed by atoms with E-state index in [1.54, 1.807) is 0 Å². The predicted octanol–water partition coefficient (Wildman–Crippen LogP) is 4.87. The van der Waals surface area contributed by atoms with Gasteiger partial charge in [0, 0.05) is 22.3 Å². The molecule has 2 amide bonds. The van der Waals surface area contributed by atoms with Gasteiger partial charge in [-0.3, -0.25) is 4.68 Å². The van der Waals surface area contributed by atoms with E-state index in [1.807, 2.05) is 67.9 Å². The minimum atomic E-state index is -0.196. The quantitative estimate of drug-likeness (QED) is 0.574. The molecule has 1 atom stereocenters. The van der Waals surface area contributed by atoms with Crippen LogP contribution in [-0.4, -0.2) is 15.8 Å². The van der Waals surface area contributed by atoms with Gasteiger partial charge in [0.25, 0.3) is 0 Å². The normalized spacial score (nSPS) is 11.9. The van der Waals surface area contributed by atoms with Crippen LogP contribution in [0, 0.1) is 13.8 Å². The van der Waals surface area contributed by atoms with E-state index in [9.17, 15) is 4.79 Å². The van der Waals surface area contributed by atoms with Crippen molar-refractivity contribution in [3.63, 3.8) is 0 Å². The molecule has 5 nitrogen and oxygen atoms in total. The maximum atomic E-state index is 12.4. The predicted molar refractivity (Wildman–Crippen MR) is 115 cm³/mol.